The molecule has 4 nitrogen and oxygen atoms in total. The Balaban J connectivity index is 1.85. The normalized spacial score (nSPS) is 24.1. The van der Waals surface area contributed by atoms with Gasteiger partial charge in [0.15, 0.2) is 0 Å². The van der Waals surface area contributed by atoms with Crippen molar-refractivity contribution in [2.45, 2.75) is 13.0 Å². The maximum atomic E-state index is 11.6. The first-order valence-corrected chi connectivity index (χ1v) is 5.50. The van der Waals surface area contributed by atoms with Crippen LogP contribution in [-0.4, -0.2) is 25.2 Å². The van der Waals surface area contributed by atoms with E-state index in [1.807, 2.05) is 18.2 Å². The highest BCUT2D eigenvalue weighted by molar-refractivity contribution is 5.70. The smallest absolute Gasteiger partial charge is 0.410 e. The van der Waals surface area contributed by atoms with E-state index in [1.54, 1.807) is 12.1 Å². The summed E-state index contributed by atoms with van der Waals surface area (Å²) in [4.78, 5) is 11.6. The first kappa shape index (κ1) is 11.0. The first-order chi connectivity index (χ1) is 7.75. The summed E-state index contributed by atoms with van der Waals surface area (Å²) < 4.78 is 5.15. The second-order valence-corrected chi connectivity index (χ2v) is 4.09. The fourth-order valence-electron chi connectivity index (χ4n) is 1.78. The van der Waals surface area contributed by atoms with Gasteiger partial charge in [0.25, 0.3) is 0 Å². The van der Waals surface area contributed by atoms with Gasteiger partial charge in [0, 0.05) is 12.6 Å². The number of nitrogens with one attached hydrogen (secondary N) is 2. The molecule has 0 aliphatic carbocycles. The number of carbonyl (C=O) groups is 1. The van der Waals surface area contributed by atoms with Crippen molar-refractivity contribution in [1.29, 1.82) is 0 Å². The van der Waals surface area contributed by atoms with Gasteiger partial charge in [-0.1, -0.05) is 25.1 Å². The van der Waals surface area contributed by atoms with Gasteiger partial charge in [0.05, 0.1) is 0 Å². The maximum Gasteiger partial charge on any atom is 0.412 e. The highest BCUT2D eigenvalue weighted by Gasteiger charge is 2.24. The van der Waals surface area contributed by atoms with Crippen LogP contribution in [0.5, 0.6) is 5.75 Å². The van der Waals surface area contributed by atoms with Crippen LogP contribution in [0.2, 0.25) is 0 Å². The van der Waals surface area contributed by atoms with Gasteiger partial charge in [-0.15, -0.1) is 0 Å². The maximum absolute atomic E-state index is 11.6. The van der Waals surface area contributed by atoms with Gasteiger partial charge in [-0.25, -0.2) is 4.79 Å². The van der Waals surface area contributed by atoms with Crippen LogP contribution in [0.15, 0.2) is 30.3 Å². The summed E-state index contributed by atoms with van der Waals surface area (Å²) in [5.41, 5.74) is 0. The molecule has 4 heteroatoms. The number of hydrogen-bond donors (Lipinski definition) is 2. The van der Waals surface area contributed by atoms with Crippen LogP contribution in [0.4, 0.5) is 4.79 Å². The third kappa shape index (κ3) is 2.73. The molecule has 1 aromatic rings. The summed E-state index contributed by atoms with van der Waals surface area (Å²) in [6.45, 7) is 3.86. The van der Waals surface area contributed by atoms with Gasteiger partial charge < -0.3 is 15.4 Å². The average Bonchev–Trinajstić information content (AvgIpc) is 2.66. The highest BCUT2D eigenvalue weighted by Crippen LogP contribution is 2.10. The molecule has 2 N–H and O–H groups in total. The Bertz CT molecular complexity index is 353. The largest absolute Gasteiger partial charge is 0.412 e. The fourth-order valence-corrected chi connectivity index (χ4v) is 1.78. The van der Waals surface area contributed by atoms with Crippen molar-refractivity contribution >= 4 is 6.09 Å². The van der Waals surface area contributed by atoms with Crippen molar-refractivity contribution in [3.63, 3.8) is 0 Å². The van der Waals surface area contributed by atoms with Crippen LogP contribution >= 0.6 is 0 Å². The Labute approximate surface area is 95.0 Å². The third-order valence-corrected chi connectivity index (χ3v) is 2.77. The van der Waals surface area contributed by atoms with E-state index in [1.165, 1.54) is 0 Å². The van der Waals surface area contributed by atoms with Crippen LogP contribution < -0.4 is 15.4 Å². The molecule has 16 heavy (non-hydrogen) atoms. The van der Waals surface area contributed by atoms with Crippen molar-refractivity contribution in [3.05, 3.63) is 30.3 Å². The van der Waals surface area contributed by atoms with Crippen molar-refractivity contribution in [3.8, 4) is 5.75 Å². The number of amides is 1. The molecule has 0 saturated carbocycles. The van der Waals surface area contributed by atoms with Crippen LogP contribution in [0, 0.1) is 5.92 Å². The number of rotatable bonds is 2. The Hall–Kier alpha value is -1.55. The Morgan fingerprint density at radius 1 is 1.38 bits per heavy atom. The van der Waals surface area contributed by atoms with Crippen LogP contribution in [0.25, 0.3) is 0 Å². The molecule has 2 unspecified atom stereocenters. The van der Waals surface area contributed by atoms with Crippen LogP contribution in [-0.2, 0) is 0 Å². The number of benzene rings is 1. The second-order valence-electron chi connectivity index (χ2n) is 4.09. The molecule has 0 radical (unpaired) electrons. The van der Waals surface area contributed by atoms with E-state index < -0.39 is 0 Å². The molecule has 0 spiro atoms. The number of para-hydroxylation sites is 1. The van der Waals surface area contributed by atoms with Crippen LogP contribution in [0.1, 0.15) is 6.92 Å². The molecule has 2 rings (SSSR count). The molecule has 1 heterocycles. The zero-order valence-corrected chi connectivity index (χ0v) is 9.27. The summed E-state index contributed by atoms with van der Waals surface area (Å²) in [7, 11) is 0. The standard InChI is InChI=1S/C12H16N2O2/c1-9-7-13-8-11(9)14-12(15)16-10-5-3-2-4-6-10/h2-6,9,11,13H,7-8H2,1H3,(H,14,15). The molecule has 2 atom stereocenters. The fraction of sp³-hybridized carbons (Fsp3) is 0.417. The quantitative estimate of drug-likeness (QED) is 0.791. The molecule has 1 aliphatic rings. The lowest BCUT2D eigenvalue weighted by molar-refractivity contribution is 0.194. The molecular weight excluding hydrogens is 204 g/mol. The molecule has 1 saturated heterocycles. The van der Waals surface area contributed by atoms with Crippen molar-refractivity contribution in [1.82, 2.24) is 10.6 Å². The predicted octanol–water partition coefficient (Wildman–Crippen LogP) is 1.38. The lowest BCUT2D eigenvalue weighted by atomic mass is 10.1. The van der Waals surface area contributed by atoms with E-state index >= 15 is 0 Å². The van der Waals surface area contributed by atoms with E-state index in [4.69, 9.17) is 4.74 Å². The Kier molecular flexibility index (Phi) is 3.41. The molecular formula is C12H16N2O2. The second kappa shape index (κ2) is 4.99. The van der Waals surface area contributed by atoms with Crippen LogP contribution in [0.3, 0.4) is 0 Å². The van der Waals surface area contributed by atoms with Crippen molar-refractivity contribution in [2.75, 3.05) is 13.1 Å². The van der Waals surface area contributed by atoms with Gasteiger partial charge in [0.1, 0.15) is 5.75 Å². The first-order valence-electron chi connectivity index (χ1n) is 5.50. The summed E-state index contributed by atoms with van der Waals surface area (Å²) in [6, 6.07) is 9.24. The van der Waals surface area contributed by atoms with E-state index in [2.05, 4.69) is 17.6 Å². The summed E-state index contributed by atoms with van der Waals surface area (Å²) in [5.74, 6) is 1.02. The molecule has 0 aromatic heterocycles. The van der Waals surface area contributed by atoms with E-state index in [-0.39, 0.29) is 12.1 Å². The molecule has 1 aliphatic heterocycles. The summed E-state index contributed by atoms with van der Waals surface area (Å²) in [5, 5.41) is 6.07. The number of carbonyl (C=O) groups excluding carboxylic acids is 1. The lowest BCUT2D eigenvalue weighted by Gasteiger charge is -2.15. The van der Waals surface area contributed by atoms with Gasteiger partial charge in [-0.05, 0) is 24.6 Å². The van der Waals surface area contributed by atoms with E-state index in [0.717, 1.165) is 13.1 Å². The minimum Gasteiger partial charge on any atom is -0.410 e. The SMILES string of the molecule is CC1CNCC1NC(=O)Oc1ccccc1. The van der Waals surface area contributed by atoms with Gasteiger partial charge in [0.2, 0.25) is 0 Å². The molecule has 86 valence electrons. The van der Waals surface area contributed by atoms with Gasteiger partial charge >= 0.3 is 6.09 Å². The monoisotopic (exact) mass is 220 g/mol. The minimum atomic E-state index is -0.383. The molecule has 0 bridgehead atoms. The van der Waals surface area contributed by atoms with Gasteiger partial charge in [-0.3, -0.25) is 0 Å². The van der Waals surface area contributed by atoms with Crippen molar-refractivity contribution in [2.24, 2.45) is 5.92 Å². The molecule has 1 fully saturated rings. The third-order valence-electron chi connectivity index (χ3n) is 2.77. The zero-order chi connectivity index (χ0) is 11.4. The lowest BCUT2D eigenvalue weighted by Crippen LogP contribution is -2.41. The number of hydrogen-bond acceptors (Lipinski definition) is 3. The predicted molar refractivity (Wildman–Crippen MR) is 61.4 cm³/mol. The summed E-state index contributed by atoms with van der Waals surface area (Å²) >= 11 is 0. The van der Waals surface area contributed by atoms with E-state index in [9.17, 15) is 4.79 Å². The topological polar surface area (TPSA) is 50.4 Å². The zero-order valence-electron chi connectivity index (χ0n) is 9.27. The number of ether oxygens (including phenoxy) is 1. The Morgan fingerprint density at radius 2 is 2.12 bits per heavy atom. The Morgan fingerprint density at radius 3 is 2.75 bits per heavy atom. The molecule has 1 amide bonds. The van der Waals surface area contributed by atoms with Crippen molar-refractivity contribution < 1.29 is 9.53 Å². The summed E-state index contributed by atoms with van der Waals surface area (Å²) in [6.07, 6.45) is -0.383. The van der Waals surface area contributed by atoms with Gasteiger partial charge in [-0.2, -0.15) is 0 Å². The van der Waals surface area contributed by atoms with E-state index in [0.29, 0.717) is 11.7 Å². The average molecular weight is 220 g/mol. The molecule has 1 aromatic carbocycles. The minimum absolute atomic E-state index is 0.163. The highest BCUT2D eigenvalue weighted by atomic mass is 16.6.